The fourth-order valence-corrected chi connectivity index (χ4v) is 1.89. The van der Waals surface area contributed by atoms with Gasteiger partial charge in [0.05, 0.1) is 16.6 Å². The Morgan fingerprint density at radius 1 is 1.58 bits per heavy atom. The van der Waals surface area contributed by atoms with E-state index in [1.165, 1.54) is 0 Å². The van der Waals surface area contributed by atoms with Crippen LogP contribution in [0.4, 0.5) is 15.8 Å². The predicted molar refractivity (Wildman–Crippen MR) is 65.8 cm³/mol. The van der Waals surface area contributed by atoms with Gasteiger partial charge in [-0.05, 0) is 17.9 Å². The van der Waals surface area contributed by atoms with Gasteiger partial charge in [-0.3, -0.25) is 10.1 Å². The minimum atomic E-state index is -1.45. The number of rotatable bonds is 4. The first kappa shape index (κ1) is 13.3. The Labute approximate surface area is 108 Å². The van der Waals surface area contributed by atoms with E-state index in [-0.39, 0.29) is 17.1 Å². The van der Waals surface area contributed by atoms with E-state index in [1.807, 2.05) is 13.8 Å². The first-order chi connectivity index (χ1) is 8.72. The van der Waals surface area contributed by atoms with E-state index in [0.29, 0.717) is 6.07 Å². The van der Waals surface area contributed by atoms with Crippen molar-refractivity contribution in [3.63, 3.8) is 0 Å². The fourth-order valence-electron chi connectivity index (χ4n) is 1.89. The van der Waals surface area contributed by atoms with Crippen molar-refractivity contribution in [3.05, 3.63) is 33.6 Å². The van der Waals surface area contributed by atoms with Crippen LogP contribution in [0.2, 0.25) is 0 Å². The zero-order chi connectivity index (χ0) is 14.4. The lowest BCUT2D eigenvalue weighted by Crippen LogP contribution is -2.12. The summed E-state index contributed by atoms with van der Waals surface area (Å²) in [6.07, 6.45) is 0.823. The molecule has 1 fully saturated rings. The van der Waals surface area contributed by atoms with Crippen LogP contribution >= 0.6 is 0 Å². The number of aromatic carboxylic acids is 1. The van der Waals surface area contributed by atoms with Crippen LogP contribution in [0.3, 0.4) is 0 Å². The smallest absolute Gasteiger partial charge is 0.338 e. The van der Waals surface area contributed by atoms with Crippen LogP contribution in [-0.4, -0.2) is 22.0 Å². The molecule has 0 bridgehead atoms. The Bertz CT molecular complexity index is 571. The van der Waals surface area contributed by atoms with Crippen molar-refractivity contribution in [3.8, 4) is 0 Å². The van der Waals surface area contributed by atoms with Crippen molar-refractivity contribution in [2.45, 2.75) is 26.3 Å². The van der Waals surface area contributed by atoms with Crippen molar-refractivity contribution in [2.24, 2.45) is 5.41 Å². The van der Waals surface area contributed by atoms with Crippen LogP contribution in [0.25, 0.3) is 0 Å². The van der Waals surface area contributed by atoms with Gasteiger partial charge in [-0.2, -0.15) is 0 Å². The lowest BCUT2D eigenvalue weighted by Gasteiger charge is -2.10. The molecule has 0 amide bonds. The molecule has 0 spiro atoms. The summed E-state index contributed by atoms with van der Waals surface area (Å²) in [7, 11) is 0. The molecule has 1 aliphatic carbocycles. The first-order valence-electron chi connectivity index (χ1n) is 5.70. The van der Waals surface area contributed by atoms with Crippen LogP contribution in [0.15, 0.2) is 12.1 Å². The molecular weight excluding hydrogens is 255 g/mol. The van der Waals surface area contributed by atoms with E-state index in [0.717, 1.165) is 12.5 Å². The number of halogens is 1. The normalized spacial score (nSPS) is 19.8. The van der Waals surface area contributed by atoms with Crippen molar-refractivity contribution < 1.29 is 19.2 Å². The number of carbonyl (C=O) groups is 1. The first-order valence-corrected chi connectivity index (χ1v) is 5.70. The van der Waals surface area contributed by atoms with E-state index in [4.69, 9.17) is 5.11 Å². The average molecular weight is 268 g/mol. The Morgan fingerprint density at radius 2 is 2.16 bits per heavy atom. The van der Waals surface area contributed by atoms with Gasteiger partial charge in [0, 0.05) is 6.04 Å². The second-order valence-electron chi connectivity index (χ2n) is 5.30. The minimum absolute atomic E-state index is 0.00560. The number of hydrogen-bond donors (Lipinski definition) is 2. The topological polar surface area (TPSA) is 92.5 Å². The third-order valence-electron chi connectivity index (χ3n) is 3.36. The SMILES string of the molecule is CC1(C)CC1Nc1cc(C(=O)O)c(F)cc1[N+](=O)[O-]. The molecule has 1 unspecified atom stereocenters. The van der Waals surface area contributed by atoms with Crippen molar-refractivity contribution >= 4 is 17.3 Å². The van der Waals surface area contributed by atoms with Crippen LogP contribution in [0, 0.1) is 21.3 Å². The van der Waals surface area contributed by atoms with Crippen molar-refractivity contribution in [1.29, 1.82) is 0 Å². The van der Waals surface area contributed by atoms with Gasteiger partial charge in [0.25, 0.3) is 5.69 Å². The lowest BCUT2D eigenvalue weighted by atomic mass is 10.1. The standard InChI is InChI=1S/C12H13FN2O4/c1-12(2)5-10(12)14-8-3-6(11(16)17)7(13)4-9(8)15(18)19/h3-4,10,14H,5H2,1-2H3,(H,16,17). The summed E-state index contributed by atoms with van der Waals surface area (Å²) in [5.41, 5.74) is -0.984. The molecule has 19 heavy (non-hydrogen) atoms. The number of nitro benzene ring substituents is 1. The third kappa shape index (κ3) is 2.49. The summed E-state index contributed by atoms with van der Waals surface area (Å²) in [5, 5.41) is 22.6. The average Bonchev–Trinajstić information content (AvgIpc) is 2.87. The van der Waals surface area contributed by atoms with Crippen LogP contribution in [0.5, 0.6) is 0 Å². The molecule has 2 N–H and O–H groups in total. The molecule has 0 heterocycles. The van der Waals surface area contributed by atoms with Gasteiger partial charge in [0.2, 0.25) is 0 Å². The number of benzene rings is 1. The zero-order valence-corrected chi connectivity index (χ0v) is 10.4. The highest BCUT2D eigenvalue weighted by atomic mass is 19.1. The Balaban J connectivity index is 2.41. The molecule has 102 valence electrons. The molecular formula is C12H13FN2O4. The van der Waals surface area contributed by atoms with Gasteiger partial charge >= 0.3 is 5.97 Å². The molecule has 0 radical (unpaired) electrons. The molecule has 0 aromatic heterocycles. The van der Waals surface area contributed by atoms with Crippen LogP contribution < -0.4 is 5.32 Å². The highest BCUT2D eigenvalue weighted by Crippen LogP contribution is 2.47. The van der Waals surface area contributed by atoms with Gasteiger partial charge in [0.1, 0.15) is 11.5 Å². The van der Waals surface area contributed by atoms with Crippen molar-refractivity contribution in [2.75, 3.05) is 5.32 Å². The summed E-state index contributed by atoms with van der Waals surface area (Å²) in [6, 6.07) is 1.64. The van der Waals surface area contributed by atoms with Crippen molar-refractivity contribution in [1.82, 2.24) is 0 Å². The Kier molecular flexibility index (Phi) is 2.92. The molecule has 7 heteroatoms. The van der Waals surface area contributed by atoms with E-state index in [2.05, 4.69) is 5.32 Å². The van der Waals surface area contributed by atoms with E-state index < -0.39 is 28.0 Å². The molecule has 0 saturated heterocycles. The second kappa shape index (κ2) is 4.18. The molecule has 1 aliphatic rings. The fraction of sp³-hybridized carbons (Fsp3) is 0.417. The summed E-state index contributed by atoms with van der Waals surface area (Å²) in [6.45, 7) is 3.97. The molecule has 1 aromatic carbocycles. The Morgan fingerprint density at radius 3 is 2.58 bits per heavy atom. The number of carboxylic acids is 1. The zero-order valence-electron chi connectivity index (χ0n) is 10.4. The van der Waals surface area contributed by atoms with E-state index in [1.54, 1.807) is 0 Å². The van der Waals surface area contributed by atoms with Gasteiger partial charge in [0.15, 0.2) is 0 Å². The summed E-state index contributed by atoms with van der Waals surface area (Å²) in [5.74, 6) is -2.56. The third-order valence-corrected chi connectivity index (χ3v) is 3.36. The second-order valence-corrected chi connectivity index (χ2v) is 5.30. The van der Waals surface area contributed by atoms with E-state index in [9.17, 15) is 19.3 Å². The quantitative estimate of drug-likeness (QED) is 0.646. The van der Waals surface area contributed by atoms with Gasteiger partial charge in [-0.25, -0.2) is 9.18 Å². The number of hydrogen-bond acceptors (Lipinski definition) is 4. The largest absolute Gasteiger partial charge is 0.478 e. The molecule has 1 atom stereocenters. The van der Waals surface area contributed by atoms with Gasteiger partial charge < -0.3 is 10.4 Å². The number of carboxylic acid groups (broad SMARTS) is 1. The highest BCUT2D eigenvalue weighted by molar-refractivity contribution is 5.90. The van der Waals surface area contributed by atoms with Crippen LogP contribution in [-0.2, 0) is 0 Å². The number of nitrogens with one attached hydrogen (secondary N) is 1. The monoisotopic (exact) mass is 268 g/mol. The summed E-state index contributed by atoms with van der Waals surface area (Å²) >= 11 is 0. The summed E-state index contributed by atoms with van der Waals surface area (Å²) in [4.78, 5) is 21.0. The lowest BCUT2D eigenvalue weighted by molar-refractivity contribution is -0.384. The number of nitro groups is 1. The Hall–Kier alpha value is -2.18. The molecule has 0 aliphatic heterocycles. The molecule has 1 saturated carbocycles. The molecule has 6 nitrogen and oxygen atoms in total. The minimum Gasteiger partial charge on any atom is -0.478 e. The molecule has 1 aromatic rings. The molecule has 2 rings (SSSR count). The maximum Gasteiger partial charge on any atom is 0.338 e. The van der Waals surface area contributed by atoms with Gasteiger partial charge in [-0.15, -0.1) is 0 Å². The predicted octanol–water partition coefficient (Wildman–Crippen LogP) is 2.64. The maximum atomic E-state index is 13.4. The highest BCUT2D eigenvalue weighted by Gasteiger charge is 2.46. The summed E-state index contributed by atoms with van der Waals surface area (Å²) < 4.78 is 13.4. The maximum absolute atomic E-state index is 13.4. The number of anilines is 1. The van der Waals surface area contributed by atoms with E-state index >= 15 is 0 Å². The van der Waals surface area contributed by atoms with Crippen LogP contribution in [0.1, 0.15) is 30.6 Å². The van der Waals surface area contributed by atoms with Gasteiger partial charge in [-0.1, -0.05) is 13.8 Å². The number of nitrogens with zero attached hydrogens (tertiary/aromatic N) is 1.